The molecule has 0 aliphatic carbocycles. The van der Waals surface area contributed by atoms with Gasteiger partial charge in [0.05, 0.1) is 11.0 Å². The number of nitrogens with zero attached hydrogens (tertiary/aromatic N) is 1. The number of halogens is 1. The molecule has 0 aliphatic rings. The number of aromatic nitrogens is 2. The first-order chi connectivity index (χ1) is 11.6. The monoisotopic (exact) mass is 327 g/mol. The van der Waals surface area contributed by atoms with Crippen LogP contribution in [-0.4, -0.2) is 22.0 Å². The third kappa shape index (κ3) is 3.10. The fourth-order valence-corrected chi connectivity index (χ4v) is 2.43. The molecule has 0 atom stereocenters. The van der Waals surface area contributed by atoms with Crippen molar-refractivity contribution in [2.24, 2.45) is 0 Å². The fourth-order valence-electron chi connectivity index (χ4n) is 2.43. The molecule has 2 N–H and O–H groups in total. The molecule has 2 aromatic carbocycles. The third-order valence-corrected chi connectivity index (χ3v) is 3.61. The van der Waals surface area contributed by atoms with Gasteiger partial charge in [-0.1, -0.05) is 12.1 Å². The minimum atomic E-state index is -0.710. The highest BCUT2D eigenvalue weighted by Gasteiger charge is 2.08. The van der Waals surface area contributed by atoms with Crippen LogP contribution in [0, 0.1) is 5.82 Å². The molecular formula is C17H14FN3O3. The normalized spacial score (nSPS) is 10.7. The first kappa shape index (κ1) is 15.7. The van der Waals surface area contributed by atoms with E-state index in [2.05, 4.69) is 10.3 Å². The van der Waals surface area contributed by atoms with Gasteiger partial charge < -0.3 is 14.9 Å². The minimum Gasteiger partial charge on any atom is -0.350 e. The van der Waals surface area contributed by atoms with Crippen LogP contribution in [0.4, 0.5) is 4.39 Å². The van der Waals surface area contributed by atoms with Gasteiger partial charge in [0.15, 0.2) is 0 Å². The van der Waals surface area contributed by atoms with Crippen molar-refractivity contribution in [1.29, 1.82) is 0 Å². The first-order valence-corrected chi connectivity index (χ1v) is 7.32. The summed E-state index contributed by atoms with van der Waals surface area (Å²) in [4.78, 5) is 38.2. The number of rotatable bonds is 4. The maximum atomic E-state index is 12.9. The second kappa shape index (κ2) is 6.49. The highest BCUT2D eigenvalue weighted by molar-refractivity contribution is 5.94. The van der Waals surface area contributed by atoms with E-state index in [1.54, 1.807) is 24.3 Å². The SMILES string of the molecule is O=C(NCCn1c(=O)c(=O)[nH]c2ccccc21)c1ccc(F)cc1. The van der Waals surface area contributed by atoms with Gasteiger partial charge in [-0.25, -0.2) is 4.39 Å². The van der Waals surface area contributed by atoms with Gasteiger partial charge in [0, 0.05) is 18.7 Å². The number of carbonyl (C=O) groups is 1. The number of amides is 1. The molecule has 0 unspecified atom stereocenters. The van der Waals surface area contributed by atoms with Gasteiger partial charge in [0.2, 0.25) is 0 Å². The summed E-state index contributed by atoms with van der Waals surface area (Å²) in [6, 6.07) is 12.1. The number of nitrogens with one attached hydrogen (secondary N) is 2. The van der Waals surface area contributed by atoms with E-state index in [4.69, 9.17) is 0 Å². The second-order valence-electron chi connectivity index (χ2n) is 5.19. The highest BCUT2D eigenvalue weighted by Crippen LogP contribution is 2.07. The largest absolute Gasteiger partial charge is 0.350 e. The summed E-state index contributed by atoms with van der Waals surface area (Å²) in [7, 11) is 0. The Labute approximate surface area is 135 Å². The zero-order valence-corrected chi connectivity index (χ0v) is 12.6. The van der Waals surface area contributed by atoms with E-state index in [1.165, 1.54) is 28.8 Å². The quantitative estimate of drug-likeness (QED) is 0.708. The number of carbonyl (C=O) groups excluding carboxylic acids is 1. The summed E-state index contributed by atoms with van der Waals surface area (Å²) in [5.41, 5.74) is 0.0629. The number of hydrogen-bond acceptors (Lipinski definition) is 3. The molecule has 0 saturated heterocycles. The van der Waals surface area contributed by atoms with Gasteiger partial charge in [-0.2, -0.15) is 0 Å². The molecule has 3 rings (SSSR count). The lowest BCUT2D eigenvalue weighted by Crippen LogP contribution is -2.39. The standard InChI is InChI=1S/C17H14FN3O3/c18-12-7-5-11(6-8-12)15(22)19-9-10-21-14-4-2-1-3-13(14)20-16(23)17(21)24/h1-8H,9-10H2,(H,19,22)(H,20,23). The summed E-state index contributed by atoms with van der Waals surface area (Å²) in [6.45, 7) is 0.305. The highest BCUT2D eigenvalue weighted by atomic mass is 19.1. The van der Waals surface area contributed by atoms with Crippen molar-refractivity contribution >= 4 is 16.9 Å². The Kier molecular flexibility index (Phi) is 4.24. The molecule has 24 heavy (non-hydrogen) atoms. The van der Waals surface area contributed by atoms with Crippen molar-refractivity contribution in [2.75, 3.05) is 6.54 Å². The van der Waals surface area contributed by atoms with E-state index in [9.17, 15) is 18.8 Å². The van der Waals surface area contributed by atoms with Crippen molar-refractivity contribution in [3.05, 3.63) is 80.6 Å². The molecule has 0 spiro atoms. The molecule has 1 amide bonds. The van der Waals surface area contributed by atoms with Gasteiger partial charge in [-0.3, -0.25) is 14.4 Å². The molecule has 0 saturated carbocycles. The molecule has 0 radical (unpaired) electrons. The molecule has 0 aliphatic heterocycles. The van der Waals surface area contributed by atoms with Crippen LogP contribution in [0.3, 0.4) is 0 Å². The Morgan fingerprint density at radius 1 is 1.08 bits per heavy atom. The molecule has 0 fully saturated rings. The maximum absolute atomic E-state index is 12.9. The van der Waals surface area contributed by atoms with Crippen LogP contribution in [0.25, 0.3) is 11.0 Å². The van der Waals surface area contributed by atoms with Gasteiger partial charge in [0.25, 0.3) is 5.91 Å². The van der Waals surface area contributed by atoms with E-state index < -0.39 is 16.9 Å². The summed E-state index contributed by atoms with van der Waals surface area (Å²) in [5, 5.41) is 2.64. The van der Waals surface area contributed by atoms with Gasteiger partial charge in [0.1, 0.15) is 5.82 Å². The molecule has 0 bridgehead atoms. The van der Waals surface area contributed by atoms with Crippen LogP contribution >= 0.6 is 0 Å². The van der Waals surface area contributed by atoms with Crippen molar-refractivity contribution in [1.82, 2.24) is 14.9 Å². The number of fused-ring (bicyclic) bond motifs is 1. The lowest BCUT2D eigenvalue weighted by molar-refractivity contribution is 0.0952. The number of aromatic amines is 1. The maximum Gasteiger partial charge on any atom is 0.316 e. The molecule has 1 aromatic heterocycles. The van der Waals surface area contributed by atoms with Crippen LogP contribution < -0.4 is 16.4 Å². The third-order valence-electron chi connectivity index (χ3n) is 3.61. The Hall–Kier alpha value is -3.22. The van der Waals surface area contributed by atoms with E-state index in [1.807, 2.05) is 0 Å². The topological polar surface area (TPSA) is 84.0 Å². The molecular weight excluding hydrogens is 313 g/mol. The Balaban J connectivity index is 1.78. The van der Waals surface area contributed by atoms with Crippen LogP contribution in [-0.2, 0) is 6.54 Å². The molecule has 1 heterocycles. The average molecular weight is 327 g/mol. The van der Waals surface area contributed by atoms with Crippen LogP contribution in [0.5, 0.6) is 0 Å². The lowest BCUT2D eigenvalue weighted by Gasteiger charge is -2.10. The second-order valence-corrected chi connectivity index (χ2v) is 5.19. The number of para-hydroxylation sites is 2. The zero-order chi connectivity index (χ0) is 17.1. The van der Waals surface area contributed by atoms with E-state index in [0.717, 1.165) is 0 Å². The summed E-state index contributed by atoms with van der Waals surface area (Å²) in [6.07, 6.45) is 0. The van der Waals surface area contributed by atoms with E-state index in [-0.39, 0.29) is 19.0 Å². The lowest BCUT2D eigenvalue weighted by atomic mass is 10.2. The van der Waals surface area contributed by atoms with E-state index in [0.29, 0.717) is 16.6 Å². The van der Waals surface area contributed by atoms with Crippen LogP contribution in [0.1, 0.15) is 10.4 Å². The van der Waals surface area contributed by atoms with Crippen molar-refractivity contribution in [2.45, 2.75) is 6.54 Å². The van der Waals surface area contributed by atoms with Crippen LogP contribution in [0.2, 0.25) is 0 Å². The molecule has 6 nitrogen and oxygen atoms in total. The number of hydrogen-bond donors (Lipinski definition) is 2. The van der Waals surface area contributed by atoms with Crippen LogP contribution in [0.15, 0.2) is 58.1 Å². The van der Waals surface area contributed by atoms with Gasteiger partial charge in [-0.15, -0.1) is 0 Å². The summed E-state index contributed by atoms with van der Waals surface area (Å²) >= 11 is 0. The Morgan fingerprint density at radius 2 is 1.79 bits per heavy atom. The van der Waals surface area contributed by atoms with Crippen molar-refractivity contribution in [3.63, 3.8) is 0 Å². The summed E-state index contributed by atoms with van der Waals surface area (Å²) < 4.78 is 14.2. The predicted octanol–water partition coefficient (Wildman–Crippen LogP) is 1.26. The molecule has 3 aromatic rings. The van der Waals surface area contributed by atoms with Gasteiger partial charge >= 0.3 is 11.1 Å². The number of benzene rings is 2. The van der Waals surface area contributed by atoms with Crippen molar-refractivity contribution < 1.29 is 9.18 Å². The fraction of sp³-hybridized carbons (Fsp3) is 0.118. The van der Waals surface area contributed by atoms with Gasteiger partial charge in [-0.05, 0) is 36.4 Å². The number of H-pyrrole nitrogens is 1. The van der Waals surface area contributed by atoms with Crippen molar-refractivity contribution in [3.8, 4) is 0 Å². The van der Waals surface area contributed by atoms with E-state index >= 15 is 0 Å². The predicted molar refractivity (Wildman–Crippen MR) is 87.6 cm³/mol. The Morgan fingerprint density at radius 3 is 2.54 bits per heavy atom. The first-order valence-electron chi connectivity index (χ1n) is 7.32. The smallest absolute Gasteiger partial charge is 0.316 e. The molecule has 122 valence electrons. The minimum absolute atomic E-state index is 0.149. The summed E-state index contributed by atoms with van der Waals surface area (Å²) in [5.74, 6) is -0.801. The zero-order valence-electron chi connectivity index (χ0n) is 12.6. The molecule has 7 heteroatoms. The Bertz CT molecular complexity index is 1010. The average Bonchev–Trinajstić information content (AvgIpc) is 2.58.